The summed E-state index contributed by atoms with van der Waals surface area (Å²) in [7, 11) is 0. The molecule has 1 amide bonds. The number of unbranched alkanes of at least 4 members (excludes halogenated alkanes) is 4. The van der Waals surface area contributed by atoms with Gasteiger partial charge in [0.1, 0.15) is 0 Å². The summed E-state index contributed by atoms with van der Waals surface area (Å²) < 4.78 is 0. The third-order valence-electron chi connectivity index (χ3n) is 3.05. The zero-order valence-corrected chi connectivity index (χ0v) is 12.4. The number of nitrogens with zero attached hydrogens (tertiary/aromatic N) is 1. The summed E-state index contributed by atoms with van der Waals surface area (Å²) >= 11 is 0. The van der Waals surface area contributed by atoms with Gasteiger partial charge in [-0.15, -0.1) is 0 Å². The van der Waals surface area contributed by atoms with Gasteiger partial charge in [0.05, 0.1) is 5.70 Å². The van der Waals surface area contributed by atoms with E-state index in [1.165, 1.54) is 0 Å². The highest BCUT2D eigenvalue weighted by atomic mass is 16.1. The fraction of sp³-hybridized carbons (Fsp3) is 0.800. The van der Waals surface area contributed by atoms with E-state index in [2.05, 4.69) is 25.7 Å². The molecule has 0 aromatic heterocycles. The molecule has 3 nitrogen and oxygen atoms in total. The average Bonchev–Trinajstić information content (AvgIpc) is 2.35. The van der Waals surface area contributed by atoms with Crippen molar-refractivity contribution in [1.29, 1.82) is 0 Å². The number of hydrogen-bond acceptors (Lipinski definition) is 2. The van der Waals surface area contributed by atoms with Gasteiger partial charge in [-0.2, -0.15) is 0 Å². The van der Waals surface area contributed by atoms with Crippen molar-refractivity contribution in [2.45, 2.75) is 65.7 Å². The summed E-state index contributed by atoms with van der Waals surface area (Å²) in [4.78, 5) is 13.7. The van der Waals surface area contributed by atoms with Gasteiger partial charge in [0, 0.05) is 13.1 Å². The minimum Gasteiger partial charge on any atom is -0.367 e. The minimum absolute atomic E-state index is 0.279. The van der Waals surface area contributed by atoms with Crippen LogP contribution in [0.3, 0.4) is 0 Å². The molecule has 0 aliphatic carbocycles. The minimum atomic E-state index is -0.279. The van der Waals surface area contributed by atoms with E-state index in [4.69, 9.17) is 5.73 Å². The summed E-state index contributed by atoms with van der Waals surface area (Å²) in [6, 6.07) is 0. The lowest BCUT2D eigenvalue weighted by molar-refractivity contribution is -0.116. The number of rotatable bonds is 11. The van der Waals surface area contributed by atoms with Crippen LogP contribution in [0, 0.1) is 0 Å². The summed E-state index contributed by atoms with van der Waals surface area (Å²) in [5.74, 6) is -0.279. The third-order valence-corrected chi connectivity index (χ3v) is 3.05. The Morgan fingerprint density at radius 3 is 1.89 bits per heavy atom. The molecule has 2 N–H and O–H groups in total. The molecule has 0 aromatic carbocycles. The van der Waals surface area contributed by atoms with Gasteiger partial charge in [-0.05, 0) is 25.7 Å². The Morgan fingerprint density at radius 2 is 1.50 bits per heavy atom. The molecule has 0 atom stereocenters. The Labute approximate surface area is 112 Å². The molecule has 0 heterocycles. The van der Waals surface area contributed by atoms with Crippen LogP contribution in [0.1, 0.15) is 65.7 Å². The molecule has 0 aromatic rings. The van der Waals surface area contributed by atoms with E-state index in [0.717, 1.165) is 63.7 Å². The number of amides is 1. The maximum absolute atomic E-state index is 11.6. The van der Waals surface area contributed by atoms with Crippen molar-refractivity contribution >= 4 is 5.91 Å². The number of nitrogens with two attached hydrogens (primary N) is 1. The smallest absolute Gasteiger partial charge is 0.264 e. The van der Waals surface area contributed by atoms with Crippen LogP contribution in [0.4, 0.5) is 0 Å². The first kappa shape index (κ1) is 17.0. The highest BCUT2D eigenvalue weighted by Gasteiger charge is 2.13. The molecule has 0 rings (SSSR count). The molecule has 0 fully saturated rings. The van der Waals surface area contributed by atoms with Gasteiger partial charge in [0.2, 0.25) is 0 Å². The molecule has 0 saturated heterocycles. The van der Waals surface area contributed by atoms with E-state index < -0.39 is 0 Å². The molecule has 0 aliphatic rings. The molecule has 3 heteroatoms. The molecule has 0 spiro atoms. The van der Waals surface area contributed by atoms with Crippen molar-refractivity contribution in [3.05, 3.63) is 11.8 Å². The molecule has 106 valence electrons. The Bertz CT molecular complexity index is 241. The highest BCUT2D eigenvalue weighted by molar-refractivity contribution is 5.91. The largest absolute Gasteiger partial charge is 0.367 e. The van der Waals surface area contributed by atoms with Crippen molar-refractivity contribution in [3.63, 3.8) is 0 Å². The molecular weight excluding hydrogens is 224 g/mol. The second-order valence-electron chi connectivity index (χ2n) is 4.79. The summed E-state index contributed by atoms with van der Waals surface area (Å²) in [5.41, 5.74) is 6.24. The van der Waals surface area contributed by atoms with E-state index in [9.17, 15) is 4.79 Å². The lowest BCUT2D eigenvalue weighted by Gasteiger charge is -2.25. The molecule has 18 heavy (non-hydrogen) atoms. The summed E-state index contributed by atoms with van der Waals surface area (Å²) in [6.07, 6.45) is 9.75. The van der Waals surface area contributed by atoms with Crippen molar-refractivity contribution < 1.29 is 4.79 Å². The van der Waals surface area contributed by atoms with E-state index in [0.29, 0.717) is 0 Å². The van der Waals surface area contributed by atoms with Crippen LogP contribution in [-0.2, 0) is 4.79 Å². The molecule has 0 aliphatic heterocycles. The van der Waals surface area contributed by atoms with Gasteiger partial charge in [0.25, 0.3) is 5.91 Å². The zero-order chi connectivity index (χ0) is 13.8. The predicted octanol–water partition coefficient (Wildman–Crippen LogP) is 3.45. The second-order valence-corrected chi connectivity index (χ2v) is 4.79. The quantitative estimate of drug-likeness (QED) is 0.453. The Morgan fingerprint density at radius 1 is 1.00 bits per heavy atom. The summed E-state index contributed by atoms with van der Waals surface area (Å²) in [6.45, 7) is 8.38. The molecule has 0 saturated carbocycles. The average molecular weight is 254 g/mol. The number of hydrogen-bond donors (Lipinski definition) is 1. The Hall–Kier alpha value is -0.990. The molecule has 0 radical (unpaired) electrons. The van der Waals surface area contributed by atoms with Gasteiger partial charge in [-0.3, -0.25) is 4.79 Å². The highest BCUT2D eigenvalue weighted by Crippen LogP contribution is 2.11. The van der Waals surface area contributed by atoms with Gasteiger partial charge < -0.3 is 10.6 Å². The zero-order valence-electron chi connectivity index (χ0n) is 12.4. The van der Waals surface area contributed by atoms with Gasteiger partial charge in [-0.1, -0.05) is 46.1 Å². The third kappa shape index (κ3) is 7.36. The van der Waals surface area contributed by atoms with Crippen molar-refractivity contribution in [2.24, 2.45) is 5.73 Å². The number of primary amides is 1. The number of carbonyl (C=O) groups is 1. The SMILES string of the molecule is CCCC/C=C(\C(N)=O)N(CCCC)CCCC. The van der Waals surface area contributed by atoms with Gasteiger partial charge >= 0.3 is 0 Å². The normalized spacial score (nSPS) is 11.6. The van der Waals surface area contributed by atoms with Crippen molar-refractivity contribution in [1.82, 2.24) is 4.90 Å². The second kappa shape index (κ2) is 11.1. The lowest BCUT2D eigenvalue weighted by atomic mass is 10.2. The van der Waals surface area contributed by atoms with Crippen LogP contribution in [0.5, 0.6) is 0 Å². The maximum Gasteiger partial charge on any atom is 0.264 e. The lowest BCUT2D eigenvalue weighted by Crippen LogP contribution is -2.33. The summed E-state index contributed by atoms with van der Waals surface area (Å²) in [5, 5.41) is 0. The maximum atomic E-state index is 11.6. The standard InChI is InChI=1S/C15H30N2O/c1-4-7-10-11-14(15(16)18)17(12-8-5-2)13-9-6-3/h11H,4-10,12-13H2,1-3H3,(H2,16,18)/b14-11+. The molecular formula is C15H30N2O. The van der Waals surface area contributed by atoms with E-state index in [1.54, 1.807) is 0 Å². The predicted molar refractivity (Wildman–Crippen MR) is 78.2 cm³/mol. The van der Waals surface area contributed by atoms with E-state index in [-0.39, 0.29) is 5.91 Å². The van der Waals surface area contributed by atoms with Crippen LogP contribution >= 0.6 is 0 Å². The van der Waals surface area contributed by atoms with Crippen LogP contribution in [0.15, 0.2) is 11.8 Å². The monoisotopic (exact) mass is 254 g/mol. The first-order valence-corrected chi connectivity index (χ1v) is 7.42. The first-order valence-electron chi connectivity index (χ1n) is 7.42. The van der Waals surface area contributed by atoms with Crippen molar-refractivity contribution in [2.75, 3.05) is 13.1 Å². The van der Waals surface area contributed by atoms with Gasteiger partial charge in [0.15, 0.2) is 0 Å². The van der Waals surface area contributed by atoms with Gasteiger partial charge in [-0.25, -0.2) is 0 Å². The van der Waals surface area contributed by atoms with Crippen LogP contribution in [0.2, 0.25) is 0 Å². The van der Waals surface area contributed by atoms with Crippen LogP contribution in [0.25, 0.3) is 0 Å². The van der Waals surface area contributed by atoms with Crippen LogP contribution in [-0.4, -0.2) is 23.9 Å². The van der Waals surface area contributed by atoms with E-state index >= 15 is 0 Å². The van der Waals surface area contributed by atoms with Crippen LogP contribution < -0.4 is 5.73 Å². The molecule has 0 unspecified atom stereocenters. The Kier molecular flexibility index (Phi) is 10.5. The van der Waals surface area contributed by atoms with E-state index in [1.807, 2.05) is 6.08 Å². The Balaban J connectivity index is 4.61. The first-order chi connectivity index (χ1) is 8.67. The number of allylic oxidation sites excluding steroid dienone is 1. The fourth-order valence-electron chi connectivity index (χ4n) is 1.88. The van der Waals surface area contributed by atoms with Crippen molar-refractivity contribution in [3.8, 4) is 0 Å². The molecule has 0 bridgehead atoms. The fourth-order valence-corrected chi connectivity index (χ4v) is 1.88. The number of carbonyl (C=O) groups excluding carboxylic acids is 1. The topological polar surface area (TPSA) is 46.3 Å².